The van der Waals surface area contributed by atoms with Crippen LogP contribution in [0, 0.1) is 5.92 Å². The van der Waals surface area contributed by atoms with Gasteiger partial charge in [-0.05, 0) is 36.8 Å². The van der Waals surface area contributed by atoms with Crippen LogP contribution in [0.25, 0.3) is 10.9 Å². The molecule has 0 bridgehead atoms. The van der Waals surface area contributed by atoms with Crippen LogP contribution >= 0.6 is 0 Å². The average Bonchev–Trinajstić information content (AvgIpc) is 2.95. The number of nitrogens with zero attached hydrogens (tertiary/aromatic N) is 1. The van der Waals surface area contributed by atoms with Crippen LogP contribution in [0.4, 0.5) is 0 Å². The van der Waals surface area contributed by atoms with Crippen molar-refractivity contribution in [3.63, 3.8) is 0 Å². The van der Waals surface area contributed by atoms with Gasteiger partial charge in [0.25, 0.3) is 0 Å². The van der Waals surface area contributed by atoms with Crippen molar-refractivity contribution < 1.29 is 0 Å². The van der Waals surface area contributed by atoms with Crippen LogP contribution in [-0.4, -0.2) is 4.57 Å². The lowest BCUT2D eigenvalue weighted by Gasteiger charge is -1.95. The molecule has 14 heavy (non-hydrogen) atoms. The molecule has 1 aromatic carbocycles. The van der Waals surface area contributed by atoms with Gasteiger partial charge in [0.15, 0.2) is 0 Å². The summed E-state index contributed by atoms with van der Waals surface area (Å²) < 4.78 is 2.24. The summed E-state index contributed by atoms with van der Waals surface area (Å²) in [7, 11) is 2.14. The molecule has 2 aromatic rings. The molecule has 0 saturated heterocycles. The zero-order valence-corrected chi connectivity index (χ0v) is 8.53. The van der Waals surface area contributed by atoms with E-state index in [4.69, 9.17) is 0 Å². The van der Waals surface area contributed by atoms with E-state index >= 15 is 0 Å². The Morgan fingerprint density at radius 2 is 2.07 bits per heavy atom. The summed E-state index contributed by atoms with van der Waals surface area (Å²) in [4.78, 5) is 0. The van der Waals surface area contributed by atoms with Crippen LogP contribution in [0.2, 0.25) is 0 Å². The molecule has 1 saturated carbocycles. The van der Waals surface area contributed by atoms with Crippen molar-refractivity contribution in [1.29, 1.82) is 0 Å². The Hall–Kier alpha value is -1.24. The summed E-state index contributed by atoms with van der Waals surface area (Å²) in [6, 6.07) is 8.70. The van der Waals surface area contributed by atoms with E-state index in [1.54, 1.807) is 0 Å². The Balaban J connectivity index is 2.12. The van der Waals surface area contributed by atoms with Crippen LogP contribution in [0.5, 0.6) is 0 Å². The number of fused-ring (bicyclic) bond motifs is 1. The molecule has 0 aliphatic heterocycles. The molecular formula is C13H15N. The molecular weight excluding hydrogens is 170 g/mol. The van der Waals surface area contributed by atoms with Gasteiger partial charge in [-0.25, -0.2) is 0 Å². The third kappa shape index (κ3) is 1.24. The van der Waals surface area contributed by atoms with E-state index in [9.17, 15) is 0 Å². The zero-order chi connectivity index (χ0) is 9.54. The molecule has 0 unspecified atom stereocenters. The molecule has 1 fully saturated rings. The first kappa shape index (κ1) is 8.10. The topological polar surface area (TPSA) is 4.93 Å². The van der Waals surface area contributed by atoms with Crippen LogP contribution in [-0.2, 0) is 13.5 Å². The van der Waals surface area contributed by atoms with Gasteiger partial charge in [0.05, 0.1) is 0 Å². The third-order valence-electron chi connectivity index (χ3n) is 3.18. The predicted molar refractivity (Wildman–Crippen MR) is 59.3 cm³/mol. The predicted octanol–water partition coefficient (Wildman–Crippen LogP) is 3.13. The monoisotopic (exact) mass is 185 g/mol. The lowest BCUT2D eigenvalue weighted by atomic mass is 10.1. The Kier molecular flexibility index (Phi) is 1.66. The van der Waals surface area contributed by atoms with Gasteiger partial charge in [-0.1, -0.05) is 18.2 Å². The number of benzene rings is 1. The van der Waals surface area contributed by atoms with Gasteiger partial charge in [-0.15, -0.1) is 0 Å². The first-order chi connectivity index (χ1) is 6.84. The molecule has 1 aliphatic rings. The van der Waals surface area contributed by atoms with Crippen molar-refractivity contribution in [2.24, 2.45) is 13.0 Å². The van der Waals surface area contributed by atoms with E-state index in [0.29, 0.717) is 0 Å². The zero-order valence-electron chi connectivity index (χ0n) is 8.53. The second kappa shape index (κ2) is 2.88. The van der Waals surface area contributed by atoms with Crippen LogP contribution < -0.4 is 0 Å². The minimum atomic E-state index is 0.973. The molecule has 1 heteroatoms. The second-order valence-electron chi connectivity index (χ2n) is 4.43. The van der Waals surface area contributed by atoms with Crippen LogP contribution in [0.15, 0.2) is 30.5 Å². The number of aryl methyl sites for hydroxylation is 1. The van der Waals surface area contributed by atoms with Gasteiger partial charge in [0.1, 0.15) is 0 Å². The molecule has 0 N–H and O–H groups in total. The highest BCUT2D eigenvalue weighted by molar-refractivity contribution is 5.83. The van der Waals surface area contributed by atoms with Crippen molar-refractivity contribution >= 4 is 10.9 Å². The van der Waals surface area contributed by atoms with E-state index in [-0.39, 0.29) is 0 Å². The van der Waals surface area contributed by atoms with E-state index in [1.165, 1.54) is 35.7 Å². The maximum atomic E-state index is 2.29. The largest absolute Gasteiger partial charge is 0.350 e. The fraction of sp³-hybridized carbons (Fsp3) is 0.385. The summed E-state index contributed by atoms with van der Waals surface area (Å²) in [6.07, 6.45) is 6.44. The van der Waals surface area contributed by atoms with Gasteiger partial charge in [0.2, 0.25) is 0 Å². The number of para-hydroxylation sites is 1. The smallest absolute Gasteiger partial charge is 0.0480 e. The average molecular weight is 185 g/mol. The Morgan fingerprint density at radius 3 is 2.86 bits per heavy atom. The number of hydrogen-bond acceptors (Lipinski definition) is 0. The highest BCUT2D eigenvalue weighted by atomic mass is 14.9. The molecule has 72 valence electrons. The Labute approximate surface area is 84.4 Å². The number of rotatable bonds is 2. The Morgan fingerprint density at radius 1 is 1.29 bits per heavy atom. The van der Waals surface area contributed by atoms with Gasteiger partial charge in [-0.2, -0.15) is 0 Å². The highest BCUT2D eigenvalue weighted by Crippen LogP contribution is 2.34. The van der Waals surface area contributed by atoms with E-state index in [2.05, 4.69) is 42.1 Å². The third-order valence-corrected chi connectivity index (χ3v) is 3.18. The number of aromatic nitrogens is 1. The number of hydrogen-bond donors (Lipinski definition) is 0. The highest BCUT2D eigenvalue weighted by Gasteiger charge is 2.22. The van der Waals surface area contributed by atoms with Crippen LogP contribution in [0.3, 0.4) is 0 Å². The molecule has 1 heterocycles. The standard InChI is InChI=1S/C13H15N/c1-14-9-11(8-10-6-7-10)12-4-2-3-5-13(12)14/h2-5,9-10H,6-8H2,1H3. The van der Waals surface area contributed by atoms with E-state index in [1.807, 2.05) is 0 Å². The Bertz CT molecular complexity index is 463. The molecule has 0 amide bonds. The summed E-state index contributed by atoms with van der Waals surface area (Å²) in [6.45, 7) is 0. The van der Waals surface area contributed by atoms with Gasteiger partial charge in [0, 0.05) is 24.1 Å². The maximum Gasteiger partial charge on any atom is 0.0480 e. The lowest BCUT2D eigenvalue weighted by molar-refractivity contribution is 0.829. The van der Waals surface area contributed by atoms with Gasteiger partial charge < -0.3 is 4.57 Å². The fourth-order valence-corrected chi connectivity index (χ4v) is 2.22. The molecule has 1 nitrogen and oxygen atoms in total. The molecule has 3 rings (SSSR count). The van der Waals surface area contributed by atoms with E-state index < -0.39 is 0 Å². The van der Waals surface area contributed by atoms with Crippen molar-refractivity contribution in [2.45, 2.75) is 19.3 Å². The van der Waals surface area contributed by atoms with Crippen molar-refractivity contribution in [2.75, 3.05) is 0 Å². The quantitative estimate of drug-likeness (QED) is 0.677. The van der Waals surface area contributed by atoms with E-state index in [0.717, 1.165) is 5.92 Å². The molecule has 1 aromatic heterocycles. The van der Waals surface area contributed by atoms with Crippen molar-refractivity contribution in [3.05, 3.63) is 36.0 Å². The summed E-state index contributed by atoms with van der Waals surface area (Å²) in [5.41, 5.74) is 2.90. The molecule has 0 spiro atoms. The fourth-order valence-electron chi connectivity index (χ4n) is 2.22. The van der Waals surface area contributed by atoms with Gasteiger partial charge >= 0.3 is 0 Å². The first-order valence-electron chi connectivity index (χ1n) is 5.37. The van der Waals surface area contributed by atoms with Crippen LogP contribution in [0.1, 0.15) is 18.4 Å². The maximum absolute atomic E-state index is 2.29. The lowest BCUT2D eigenvalue weighted by Crippen LogP contribution is -1.84. The summed E-state index contributed by atoms with van der Waals surface area (Å²) >= 11 is 0. The van der Waals surface area contributed by atoms with Crippen molar-refractivity contribution in [3.8, 4) is 0 Å². The summed E-state index contributed by atoms with van der Waals surface area (Å²) in [5, 5.41) is 1.45. The minimum Gasteiger partial charge on any atom is -0.350 e. The minimum absolute atomic E-state index is 0.973. The van der Waals surface area contributed by atoms with Crippen molar-refractivity contribution in [1.82, 2.24) is 4.57 Å². The second-order valence-corrected chi connectivity index (χ2v) is 4.43. The normalized spacial score (nSPS) is 16.4. The molecule has 0 radical (unpaired) electrons. The first-order valence-corrected chi connectivity index (χ1v) is 5.37. The summed E-state index contributed by atoms with van der Waals surface area (Å²) in [5.74, 6) is 0.973. The van der Waals surface area contributed by atoms with Gasteiger partial charge in [-0.3, -0.25) is 0 Å². The molecule has 1 aliphatic carbocycles. The SMILES string of the molecule is Cn1cc(CC2CC2)c2ccccc21. The molecule has 0 atom stereocenters.